The molecule has 0 saturated heterocycles. The molecule has 0 fully saturated rings. The van der Waals surface area contributed by atoms with Gasteiger partial charge in [-0.15, -0.1) is 20.4 Å². The summed E-state index contributed by atoms with van der Waals surface area (Å²) in [6.07, 6.45) is 0. The number of rotatable bonds is 6. The van der Waals surface area contributed by atoms with E-state index in [9.17, 15) is 0 Å². The Hall–Kier alpha value is -1.61. The van der Waals surface area contributed by atoms with Crippen molar-refractivity contribution in [2.75, 3.05) is 34.5 Å². The van der Waals surface area contributed by atoms with Gasteiger partial charge in [0, 0.05) is 19.2 Å². The first-order valence-corrected chi connectivity index (χ1v) is 7.56. The van der Waals surface area contributed by atoms with Crippen molar-refractivity contribution in [2.45, 2.75) is 0 Å². The maximum Gasteiger partial charge on any atom is 0.276 e. The van der Waals surface area contributed by atoms with Crippen molar-refractivity contribution in [2.24, 2.45) is 0 Å². The van der Waals surface area contributed by atoms with E-state index in [2.05, 4.69) is 20.4 Å². The first kappa shape index (κ1) is 20.4. The normalized spacial score (nSPS) is 9.75. The van der Waals surface area contributed by atoms with Crippen molar-refractivity contribution in [3.63, 3.8) is 0 Å². The SMILES string of the molecule is COCCOc1nnc(Cl)cc1OC.COc1cc(Cl)nnc1Cl. The Balaban J connectivity index is 0.000000254. The lowest BCUT2D eigenvalue weighted by Gasteiger charge is -2.07. The summed E-state index contributed by atoms with van der Waals surface area (Å²) in [4.78, 5) is 0. The Labute approximate surface area is 153 Å². The number of nitrogens with zero attached hydrogens (tertiary/aromatic N) is 4. The molecule has 0 N–H and O–H groups in total. The number of ether oxygens (including phenoxy) is 4. The molecule has 2 aromatic rings. The second-order valence-electron chi connectivity index (χ2n) is 3.91. The maximum atomic E-state index is 5.62. The molecule has 11 heteroatoms. The third-order valence-corrected chi connectivity index (χ3v) is 2.98. The Morgan fingerprint density at radius 1 is 0.792 bits per heavy atom. The fourth-order valence-corrected chi connectivity index (χ4v) is 1.73. The summed E-state index contributed by atoms with van der Waals surface area (Å²) in [5.74, 6) is 1.21. The highest BCUT2D eigenvalue weighted by atomic mass is 35.5. The molecule has 0 amide bonds. The first-order chi connectivity index (χ1) is 11.5. The molecule has 0 spiro atoms. The highest BCUT2D eigenvalue weighted by molar-refractivity contribution is 6.32. The van der Waals surface area contributed by atoms with Crippen LogP contribution in [-0.2, 0) is 4.74 Å². The van der Waals surface area contributed by atoms with Crippen LogP contribution in [0.5, 0.6) is 17.4 Å². The van der Waals surface area contributed by atoms with Crippen molar-refractivity contribution in [1.29, 1.82) is 0 Å². The van der Waals surface area contributed by atoms with Crippen molar-refractivity contribution in [1.82, 2.24) is 20.4 Å². The van der Waals surface area contributed by atoms with Crippen molar-refractivity contribution < 1.29 is 18.9 Å². The Morgan fingerprint density at radius 3 is 1.92 bits per heavy atom. The summed E-state index contributed by atoms with van der Waals surface area (Å²) in [6, 6.07) is 3.04. The van der Waals surface area contributed by atoms with E-state index < -0.39 is 0 Å². The molecule has 0 aromatic carbocycles. The van der Waals surface area contributed by atoms with E-state index in [1.165, 1.54) is 26.4 Å². The van der Waals surface area contributed by atoms with Crippen LogP contribution in [0.15, 0.2) is 12.1 Å². The third-order valence-electron chi connectivity index (χ3n) is 2.35. The topological polar surface area (TPSA) is 88.5 Å². The van der Waals surface area contributed by atoms with Gasteiger partial charge in [-0.25, -0.2) is 0 Å². The Bertz CT molecular complexity index is 649. The van der Waals surface area contributed by atoms with E-state index in [0.717, 1.165) is 0 Å². The van der Waals surface area contributed by atoms with Crippen LogP contribution in [0.3, 0.4) is 0 Å². The maximum absolute atomic E-state index is 5.62. The van der Waals surface area contributed by atoms with Gasteiger partial charge in [-0.3, -0.25) is 0 Å². The molecule has 0 radical (unpaired) electrons. The predicted molar refractivity (Wildman–Crippen MR) is 89.6 cm³/mol. The lowest BCUT2D eigenvalue weighted by molar-refractivity contribution is 0.140. The van der Waals surface area contributed by atoms with Crippen molar-refractivity contribution >= 4 is 34.8 Å². The van der Waals surface area contributed by atoms with Crippen LogP contribution >= 0.6 is 34.8 Å². The zero-order chi connectivity index (χ0) is 17.9. The number of hydrogen-bond donors (Lipinski definition) is 0. The molecule has 8 nitrogen and oxygen atoms in total. The minimum atomic E-state index is 0.215. The minimum Gasteiger partial charge on any atom is -0.493 e. The molecule has 0 saturated carbocycles. The molecule has 132 valence electrons. The summed E-state index contributed by atoms with van der Waals surface area (Å²) in [5.41, 5.74) is 0. The van der Waals surface area contributed by atoms with Gasteiger partial charge in [0.1, 0.15) is 6.61 Å². The van der Waals surface area contributed by atoms with Gasteiger partial charge in [-0.2, -0.15) is 0 Å². The molecule has 2 heterocycles. The van der Waals surface area contributed by atoms with Crippen LogP contribution < -0.4 is 14.2 Å². The van der Waals surface area contributed by atoms with Crippen LogP contribution in [0.1, 0.15) is 0 Å². The summed E-state index contributed by atoms with van der Waals surface area (Å²) < 4.78 is 19.9. The molecule has 0 atom stereocenters. The number of methoxy groups -OCH3 is 3. The minimum absolute atomic E-state index is 0.215. The lowest BCUT2D eigenvalue weighted by Crippen LogP contribution is -2.07. The number of hydrogen-bond acceptors (Lipinski definition) is 8. The van der Waals surface area contributed by atoms with E-state index in [4.69, 9.17) is 53.8 Å². The highest BCUT2D eigenvalue weighted by Gasteiger charge is 2.07. The first-order valence-electron chi connectivity index (χ1n) is 6.43. The van der Waals surface area contributed by atoms with Gasteiger partial charge < -0.3 is 18.9 Å². The lowest BCUT2D eigenvalue weighted by atomic mass is 10.5. The summed E-state index contributed by atoms with van der Waals surface area (Å²) in [7, 11) is 4.59. The van der Waals surface area contributed by atoms with Crippen LogP contribution in [0, 0.1) is 0 Å². The molecular weight excluding hydrogens is 383 g/mol. The average Bonchev–Trinajstić information content (AvgIpc) is 2.59. The van der Waals surface area contributed by atoms with E-state index in [1.807, 2.05) is 0 Å². The summed E-state index contributed by atoms with van der Waals surface area (Å²) in [5, 5.41) is 15.1. The van der Waals surface area contributed by atoms with Gasteiger partial charge in [-0.1, -0.05) is 34.8 Å². The van der Waals surface area contributed by atoms with Gasteiger partial charge in [0.25, 0.3) is 5.88 Å². The molecule has 0 unspecified atom stereocenters. The van der Waals surface area contributed by atoms with Crippen LogP contribution in [0.2, 0.25) is 15.5 Å². The van der Waals surface area contributed by atoms with Crippen molar-refractivity contribution in [3.05, 3.63) is 27.6 Å². The fraction of sp³-hybridized carbons (Fsp3) is 0.385. The molecule has 0 aliphatic carbocycles. The highest BCUT2D eigenvalue weighted by Crippen LogP contribution is 2.25. The number of aromatic nitrogens is 4. The summed E-state index contributed by atoms with van der Waals surface area (Å²) >= 11 is 16.6. The molecule has 0 aliphatic heterocycles. The Kier molecular flexibility index (Phi) is 9.39. The second-order valence-corrected chi connectivity index (χ2v) is 5.04. The third kappa shape index (κ3) is 6.88. The number of halogens is 3. The van der Waals surface area contributed by atoms with Gasteiger partial charge in [-0.05, 0) is 0 Å². The van der Waals surface area contributed by atoms with Gasteiger partial charge in [0.2, 0.25) is 0 Å². The van der Waals surface area contributed by atoms with Gasteiger partial charge in [0.05, 0.1) is 20.8 Å². The summed E-state index contributed by atoms with van der Waals surface area (Å²) in [6.45, 7) is 0.872. The molecule has 0 bridgehead atoms. The van der Waals surface area contributed by atoms with E-state index in [0.29, 0.717) is 30.6 Å². The van der Waals surface area contributed by atoms with E-state index in [1.54, 1.807) is 7.11 Å². The quantitative estimate of drug-likeness (QED) is 0.687. The van der Waals surface area contributed by atoms with Gasteiger partial charge >= 0.3 is 0 Å². The van der Waals surface area contributed by atoms with Crippen LogP contribution in [-0.4, -0.2) is 54.9 Å². The zero-order valence-electron chi connectivity index (χ0n) is 13.1. The smallest absolute Gasteiger partial charge is 0.276 e. The monoisotopic (exact) mass is 396 g/mol. The average molecular weight is 398 g/mol. The van der Waals surface area contributed by atoms with E-state index in [-0.39, 0.29) is 15.5 Å². The zero-order valence-corrected chi connectivity index (χ0v) is 15.4. The standard InChI is InChI=1S/C8H11ClN2O3.C5H4Cl2N2O/c1-12-3-4-14-8-6(13-2)5-7(9)10-11-8;1-10-3-2-4(6)8-9-5(3)7/h5H,3-4H2,1-2H3;2H,1H3. The Morgan fingerprint density at radius 2 is 1.38 bits per heavy atom. The van der Waals surface area contributed by atoms with Crippen LogP contribution in [0.25, 0.3) is 0 Å². The van der Waals surface area contributed by atoms with Gasteiger partial charge in [0.15, 0.2) is 27.0 Å². The van der Waals surface area contributed by atoms with E-state index >= 15 is 0 Å². The second kappa shape index (κ2) is 11.0. The van der Waals surface area contributed by atoms with Crippen molar-refractivity contribution in [3.8, 4) is 17.4 Å². The molecular formula is C13H15Cl3N4O4. The van der Waals surface area contributed by atoms with Crippen LogP contribution in [0.4, 0.5) is 0 Å². The predicted octanol–water partition coefficient (Wildman–Crippen LogP) is 2.96. The molecule has 24 heavy (non-hydrogen) atoms. The largest absolute Gasteiger partial charge is 0.493 e. The molecule has 2 rings (SSSR count). The fourth-order valence-electron chi connectivity index (χ4n) is 1.29. The molecule has 0 aliphatic rings. The molecule has 2 aromatic heterocycles.